The van der Waals surface area contributed by atoms with Gasteiger partial charge in [0.15, 0.2) is 5.90 Å². The molecule has 8 aromatic carbocycles. The molecule has 0 atom stereocenters. The molecule has 0 fully saturated rings. The molecule has 0 N–H and O–H groups in total. The molecule has 8 rings (SSSR count). The fourth-order valence-electron chi connectivity index (χ4n) is 7.17. The van der Waals surface area contributed by atoms with Gasteiger partial charge in [0.25, 0.3) is 0 Å². The van der Waals surface area contributed by atoms with Crippen molar-refractivity contribution in [2.75, 3.05) is 5.90 Å². The molecule has 0 aliphatic heterocycles. The summed E-state index contributed by atoms with van der Waals surface area (Å²) in [6.45, 7) is 13.9. The van der Waals surface area contributed by atoms with E-state index in [1.165, 1.54) is 48.3 Å². The van der Waals surface area contributed by atoms with Crippen molar-refractivity contribution in [3.8, 4) is 11.8 Å². The Morgan fingerprint density at radius 2 is 0.639 bits per heavy atom. The predicted octanol–water partition coefficient (Wildman–Crippen LogP) is 11.3. The third-order valence-electron chi connectivity index (χ3n) is 10.6. The number of fused-ring (bicyclic) bond motifs is 2. The molecule has 0 heterocycles. The Balaban J connectivity index is 0.000000210. The second kappa shape index (κ2) is 23.6. The second-order valence-corrected chi connectivity index (χ2v) is 32.6. The quantitative estimate of drug-likeness (QED) is 0.0616. The molecule has 8 aromatic rings. The summed E-state index contributed by atoms with van der Waals surface area (Å²) in [7, 11) is -4.34. The van der Waals surface area contributed by atoms with Crippen molar-refractivity contribution in [1.82, 2.24) is 0 Å². The molecule has 312 valence electrons. The van der Waals surface area contributed by atoms with Crippen molar-refractivity contribution in [3.05, 3.63) is 218 Å². The standard InChI is InChI=1S/C25H22P2.2C15H15Si.2Au/c1-5-13-22(14-6-1)26(23-15-7-2-8-16-23)21-27(24-17-9-3-10-18-24)25-19-11-4-12-20-25;2*1-5-12-10-14(16(2,3)4)11-13-8-6-7-9-15(12)13;;/h1-20H,21H2;2*6-11H,2-4H3;;/q;2*-1;2*+1/p+2. The molecule has 0 aliphatic carbocycles. The Morgan fingerprint density at radius 3 is 0.902 bits per heavy atom. The smallest absolute Gasteiger partial charge is 0.366 e. The summed E-state index contributed by atoms with van der Waals surface area (Å²) in [4.78, 5) is 0. The average Bonchev–Trinajstić information content (AvgIpc) is 3.27. The topological polar surface area (TPSA) is 0 Å². The summed E-state index contributed by atoms with van der Waals surface area (Å²) in [5, 5.41) is 13.5. The Hall–Kier alpha value is -3.83. The zero-order valence-electron chi connectivity index (χ0n) is 35.8. The van der Waals surface area contributed by atoms with Gasteiger partial charge in [-0.15, -0.1) is 23.3 Å². The van der Waals surface area contributed by atoms with Crippen molar-refractivity contribution in [3.63, 3.8) is 0 Å². The maximum Gasteiger partial charge on any atom is 1.00 e. The van der Waals surface area contributed by atoms with Crippen LogP contribution < -0.4 is 31.6 Å². The third kappa shape index (κ3) is 13.6. The van der Waals surface area contributed by atoms with Crippen LogP contribution in [-0.4, -0.2) is 22.1 Å². The molecule has 0 amide bonds. The molecule has 0 bridgehead atoms. The second-order valence-electron chi connectivity index (χ2n) is 16.8. The van der Waals surface area contributed by atoms with Gasteiger partial charge >= 0.3 is 44.8 Å². The van der Waals surface area contributed by atoms with Crippen LogP contribution in [0.4, 0.5) is 0 Å². The molecule has 0 radical (unpaired) electrons. The Morgan fingerprint density at radius 1 is 0.377 bits per heavy atom. The first-order valence-electron chi connectivity index (χ1n) is 20.3. The molecule has 0 saturated carbocycles. The molecule has 0 spiro atoms. The van der Waals surface area contributed by atoms with Crippen LogP contribution in [0.15, 0.2) is 194 Å². The summed E-state index contributed by atoms with van der Waals surface area (Å²) in [6.07, 6.45) is 14.8. The molecule has 0 aliphatic rings. The first kappa shape index (κ1) is 49.8. The molecule has 61 heavy (non-hydrogen) atoms. The van der Waals surface area contributed by atoms with Crippen molar-refractivity contribution < 1.29 is 44.8 Å². The van der Waals surface area contributed by atoms with Crippen LogP contribution in [0.25, 0.3) is 21.5 Å². The summed E-state index contributed by atoms with van der Waals surface area (Å²) in [6, 6.07) is 69.7. The van der Waals surface area contributed by atoms with E-state index in [9.17, 15) is 0 Å². The zero-order chi connectivity index (χ0) is 41.8. The van der Waals surface area contributed by atoms with E-state index in [2.05, 4.69) is 221 Å². The van der Waals surface area contributed by atoms with E-state index in [1.807, 2.05) is 24.3 Å². The van der Waals surface area contributed by atoms with Gasteiger partial charge in [0.1, 0.15) is 37.1 Å². The minimum atomic E-state index is -1.32. The van der Waals surface area contributed by atoms with Gasteiger partial charge < -0.3 is 12.8 Å². The summed E-state index contributed by atoms with van der Waals surface area (Å²) < 4.78 is 0. The van der Waals surface area contributed by atoms with E-state index in [0.29, 0.717) is 0 Å². The van der Waals surface area contributed by atoms with Crippen LogP contribution in [-0.2, 0) is 44.8 Å². The molecule has 0 aromatic heterocycles. The van der Waals surface area contributed by atoms with Gasteiger partial charge in [-0.2, -0.15) is 0 Å². The number of benzene rings is 8. The van der Waals surface area contributed by atoms with Crippen LogP contribution in [0.3, 0.4) is 0 Å². The van der Waals surface area contributed by atoms with Crippen molar-refractivity contribution >= 4 is 85.1 Å². The van der Waals surface area contributed by atoms with E-state index >= 15 is 0 Å². The minimum absolute atomic E-state index is 0. The summed E-state index contributed by atoms with van der Waals surface area (Å²) >= 11 is 0. The largest absolute Gasteiger partial charge is 1.00 e. The fraction of sp³-hybridized carbons (Fsp3) is 0.127. The van der Waals surface area contributed by atoms with Gasteiger partial charge in [-0.25, -0.2) is 0 Å². The number of hydrogen-bond acceptors (Lipinski definition) is 0. The fourth-order valence-corrected chi connectivity index (χ4v) is 17.2. The van der Waals surface area contributed by atoms with Crippen molar-refractivity contribution in [1.29, 1.82) is 0 Å². The number of hydrogen-bond donors (Lipinski definition) is 0. The van der Waals surface area contributed by atoms with Crippen LogP contribution in [0.5, 0.6) is 0 Å². The number of rotatable bonds is 8. The third-order valence-corrected chi connectivity index (χ3v) is 21.6. The van der Waals surface area contributed by atoms with Gasteiger partial charge in [0, 0.05) is 0 Å². The molecular weight excluding hydrogens is 1170 g/mol. The van der Waals surface area contributed by atoms with E-state index in [4.69, 9.17) is 12.8 Å². The van der Waals surface area contributed by atoms with E-state index in [-0.39, 0.29) is 44.8 Å². The Labute approximate surface area is 401 Å². The van der Waals surface area contributed by atoms with Crippen molar-refractivity contribution in [2.24, 2.45) is 0 Å². The summed E-state index contributed by atoms with van der Waals surface area (Å²) in [5.74, 6) is 6.36. The normalized spacial score (nSPS) is 10.9. The van der Waals surface area contributed by atoms with Gasteiger partial charge in [0.05, 0.1) is 16.1 Å². The monoisotopic (exact) mass is 1230 g/mol. The van der Waals surface area contributed by atoms with Crippen LogP contribution in [0.1, 0.15) is 11.1 Å². The Kier molecular flexibility index (Phi) is 19.3. The molecular formula is C55H54Au2P2Si2+2. The SMILES string of the molecule is [Au+].[Au+].[C-]#Cc1cc([Si](C)(C)C)cc2ccccc12.[C-]#Cc1cc([Si](C)(C)C)cc2ccccc12.c1ccc([PH+](C[PH+](c2ccccc2)c2ccccc2)c2ccccc2)cc1. The first-order chi connectivity index (χ1) is 28.5. The maximum atomic E-state index is 7.39. The minimum Gasteiger partial charge on any atom is -0.366 e. The maximum absolute atomic E-state index is 7.39. The van der Waals surface area contributed by atoms with Crippen molar-refractivity contribution in [2.45, 2.75) is 39.3 Å². The van der Waals surface area contributed by atoms with Gasteiger partial charge in [-0.05, 0) is 59.3 Å². The van der Waals surface area contributed by atoms with Crippen LogP contribution in [0.2, 0.25) is 39.3 Å². The predicted molar refractivity (Wildman–Crippen MR) is 272 cm³/mol. The Bertz CT molecular complexity index is 2410. The summed E-state index contributed by atoms with van der Waals surface area (Å²) in [5.41, 5.74) is 1.83. The van der Waals surface area contributed by atoms with E-state index in [0.717, 1.165) is 21.9 Å². The van der Waals surface area contributed by atoms with Gasteiger partial charge in [-0.1, -0.05) is 194 Å². The van der Waals surface area contributed by atoms with E-state index in [1.54, 1.807) is 0 Å². The van der Waals surface area contributed by atoms with E-state index < -0.39 is 32.0 Å². The molecule has 6 heteroatoms. The zero-order valence-corrected chi connectivity index (χ0v) is 44.1. The van der Waals surface area contributed by atoms with Gasteiger partial charge in [0.2, 0.25) is 0 Å². The van der Waals surface area contributed by atoms with Gasteiger partial charge in [-0.3, -0.25) is 11.8 Å². The average molecular weight is 1230 g/mol. The first-order valence-corrected chi connectivity index (χ1v) is 30.7. The molecule has 0 nitrogen and oxygen atoms in total. The molecule has 0 unspecified atom stereocenters. The van der Waals surface area contributed by atoms with Crippen LogP contribution in [0, 0.1) is 24.7 Å². The van der Waals surface area contributed by atoms with Crippen LogP contribution >= 0.6 is 15.8 Å². The molecule has 0 saturated heterocycles.